The van der Waals surface area contributed by atoms with Crippen molar-refractivity contribution < 1.29 is 4.79 Å². The third-order valence-corrected chi connectivity index (χ3v) is 3.20. The molecule has 0 aliphatic heterocycles. The summed E-state index contributed by atoms with van der Waals surface area (Å²) >= 11 is 1.35. The molecule has 0 saturated heterocycles. The minimum Gasteiger partial charge on any atom is -0.334 e. The van der Waals surface area contributed by atoms with Crippen LogP contribution in [-0.4, -0.2) is 16.2 Å². The molecule has 1 aromatic carbocycles. The second-order valence-corrected chi connectivity index (χ2v) is 5.04. The molecule has 0 radical (unpaired) electrons. The molecule has 94 valence electrons. The predicted molar refractivity (Wildman–Crippen MR) is 71.7 cm³/mol. The molecule has 0 fully saturated rings. The molecular weight excluding hydrogens is 248 g/mol. The Kier molecular flexibility index (Phi) is 3.88. The van der Waals surface area contributed by atoms with E-state index >= 15 is 0 Å². The molecule has 2 aromatic rings. The zero-order valence-corrected chi connectivity index (χ0v) is 11.0. The van der Waals surface area contributed by atoms with Gasteiger partial charge >= 0.3 is 6.03 Å². The van der Waals surface area contributed by atoms with E-state index in [1.807, 2.05) is 38.1 Å². The fraction of sp³-hybridized carbons (Fsp3) is 0.250. The maximum Gasteiger partial charge on any atom is 0.321 e. The maximum atomic E-state index is 11.6. The van der Waals surface area contributed by atoms with Crippen molar-refractivity contribution in [1.29, 1.82) is 0 Å². The molecule has 2 N–H and O–H groups in total. The molecule has 6 heteroatoms. The smallest absolute Gasteiger partial charge is 0.321 e. The number of hydrogen-bond donors (Lipinski definition) is 2. The SMILES string of the molecule is Cc1nnc(NC(=O)NCc2ccccc2C)s1. The molecule has 0 aliphatic rings. The lowest BCUT2D eigenvalue weighted by molar-refractivity contribution is 0.251. The number of rotatable bonds is 3. The van der Waals surface area contributed by atoms with Gasteiger partial charge in [0.25, 0.3) is 0 Å². The number of anilines is 1. The molecule has 5 nitrogen and oxygen atoms in total. The summed E-state index contributed by atoms with van der Waals surface area (Å²) < 4.78 is 0. The van der Waals surface area contributed by atoms with Crippen LogP contribution in [0.3, 0.4) is 0 Å². The Morgan fingerprint density at radius 2 is 2.06 bits per heavy atom. The Labute approximate surface area is 109 Å². The Bertz CT molecular complexity index is 553. The first-order chi connectivity index (χ1) is 8.65. The zero-order valence-electron chi connectivity index (χ0n) is 10.2. The Morgan fingerprint density at radius 1 is 1.28 bits per heavy atom. The molecule has 0 atom stereocenters. The standard InChI is InChI=1S/C12H14N4OS/c1-8-5-3-4-6-10(8)7-13-11(17)14-12-16-15-9(2)18-12/h3-6H,7H2,1-2H3,(H2,13,14,16,17). The molecule has 0 saturated carbocycles. The summed E-state index contributed by atoms with van der Waals surface area (Å²) in [6.45, 7) is 4.35. The van der Waals surface area contributed by atoms with E-state index in [-0.39, 0.29) is 6.03 Å². The highest BCUT2D eigenvalue weighted by atomic mass is 32.1. The van der Waals surface area contributed by atoms with Crippen molar-refractivity contribution in [2.24, 2.45) is 0 Å². The molecule has 2 rings (SSSR count). The van der Waals surface area contributed by atoms with Gasteiger partial charge in [0.2, 0.25) is 5.13 Å². The average molecular weight is 262 g/mol. The highest BCUT2D eigenvalue weighted by molar-refractivity contribution is 7.15. The van der Waals surface area contributed by atoms with Crippen LogP contribution in [-0.2, 0) is 6.54 Å². The molecule has 1 aromatic heterocycles. The van der Waals surface area contributed by atoms with Crippen LogP contribution in [0.1, 0.15) is 16.1 Å². The third kappa shape index (κ3) is 3.27. The summed E-state index contributed by atoms with van der Waals surface area (Å²) in [4.78, 5) is 11.6. The fourth-order valence-electron chi connectivity index (χ4n) is 1.47. The van der Waals surface area contributed by atoms with E-state index in [0.717, 1.165) is 16.1 Å². The number of amides is 2. The van der Waals surface area contributed by atoms with Crippen LogP contribution >= 0.6 is 11.3 Å². The summed E-state index contributed by atoms with van der Waals surface area (Å²) in [5.74, 6) is 0. The number of carbonyl (C=O) groups is 1. The van der Waals surface area contributed by atoms with Crippen molar-refractivity contribution in [2.45, 2.75) is 20.4 Å². The lowest BCUT2D eigenvalue weighted by Gasteiger charge is -2.07. The Hall–Kier alpha value is -1.95. The number of carbonyl (C=O) groups excluding carboxylic acids is 1. The summed E-state index contributed by atoms with van der Waals surface area (Å²) in [5, 5.41) is 14.4. The second-order valence-electron chi connectivity index (χ2n) is 3.86. The van der Waals surface area contributed by atoms with Crippen LogP contribution in [0.2, 0.25) is 0 Å². The van der Waals surface area contributed by atoms with E-state index in [1.54, 1.807) is 0 Å². The lowest BCUT2D eigenvalue weighted by Crippen LogP contribution is -2.28. The topological polar surface area (TPSA) is 66.9 Å². The van der Waals surface area contributed by atoms with Gasteiger partial charge in [-0.25, -0.2) is 4.79 Å². The summed E-state index contributed by atoms with van der Waals surface area (Å²) in [7, 11) is 0. The quantitative estimate of drug-likeness (QED) is 0.893. The van der Waals surface area contributed by atoms with Crippen molar-refractivity contribution in [2.75, 3.05) is 5.32 Å². The van der Waals surface area contributed by atoms with Gasteiger partial charge in [-0.15, -0.1) is 10.2 Å². The highest BCUT2D eigenvalue weighted by Crippen LogP contribution is 2.13. The van der Waals surface area contributed by atoms with Gasteiger partial charge in [0, 0.05) is 6.54 Å². The first kappa shape index (κ1) is 12.5. The van der Waals surface area contributed by atoms with Crippen LogP contribution in [0.4, 0.5) is 9.93 Å². The van der Waals surface area contributed by atoms with Gasteiger partial charge < -0.3 is 5.32 Å². The number of aromatic nitrogens is 2. The molecule has 2 amide bonds. The van der Waals surface area contributed by atoms with Crippen molar-refractivity contribution >= 4 is 22.5 Å². The maximum absolute atomic E-state index is 11.6. The van der Waals surface area contributed by atoms with Gasteiger partial charge in [-0.1, -0.05) is 35.6 Å². The molecule has 18 heavy (non-hydrogen) atoms. The van der Waals surface area contributed by atoms with Gasteiger partial charge in [-0.3, -0.25) is 5.32 Å². The van der Waals surface area contributed by atoms with Crippen molar-refractivity contribution in [1.82, 2.24) is 15.5 Å². The number of aryl methyl sites for hydroxylation is 2. The summed E-state index contributed by atoms with van der Waals surface area (Å²) in [6, 6.07) is 7.67. The monoisotopic (exact) mass is 262 g/mol. The zero-order chi connectivity index (χ0) is 13.0. The Morgan fingerprint density at radius 3 is 2.72 bits per heavy atom. The van der Waals surface area contributed by atoms with Crippen molar-refractivity contribution in [3.63, 3.8) is 0 Å². The van der Waals surface area contributed by atoms with E-state index < -0.39 is 0 Å². The van der Waals surface area contributed by atoms with Crippen LogP contribution < -0.4 is 10.6 Å². The number of benzene rings is 1. The van der Waals surface area contributed by atoms with E-state index in [2.05, 4.69) is 20.8 Å². The van der Waals surface area contributed by atoms with E-state index in [0.29, 0.717) is 11.7 Å². The van der Waals surface area contributed by atoms with Crippen LogP contribution in [0, 0.1) is 13.8 Å². The number of hydrogen-bond acceptors (Lipinski definition) is 4. The molecular formula is C12H14N4OS. The number of nitrogens with zero attached hydrogens (tertiary/aromatic N) is 2. The second kappa shape index (κ2) is 5.59. The van der Waals surface area contributed by atoms with E-state index in [4.69, 9.17) is 0 Å². The molecule has 0 spiro atoms. The largest absolute Gasteiger partial charge is 0.334 e. The highest BCUT2D eigenvalue weighted by Gasteiger charge is 2.06. The number of nitrogens with one attached hydrogen (secondary N) is 2. The van der Waals surface area contributed by atoms with E-state index in [1.165, 1.54) is 11.3 Å². The molecule has 1 heterocycles. The molecule has 0 bridgehead atoms. The van der Waals surface area contributed by atoms with Gasteiger partial charge in [-0.2, -0.15) is 0 Å². The normalized spacial score (nSPS) is 10.1. The minimum atomic E-state index is -0.269. The fourth-order valence-corrected chi connectivity index (χ4v) is 2.06. The summed E-state index contributed by atoms with van der Waals surface area (Å²) in [6.07, 6.45) is 0. The minimum absolute atomic E-state index is 0.269. The van der Waals surface area contributed by atoms with Gasteiger partial charge in [-0.05, 0) is 25.0 Å². The van der Waals surface area contributed by atoms with Crippen LogP contribution in [0.5, 0.6) is 0 Å². The third-order valence-electron chi connectivity index (χ3n) is 2.45. The lowest BCUT2D eigenvalue weighted by atomic mass is 10.1. The predicted octanol–water partition coefficient (Wildman–Crippen LogP) is 2.48. The first-order valence-electron chi connectivity index (χ1n) is 5.54. The van der Waals surface area contributed by atoms with E-state index in [9.17, 15) is 4.79 Å². The van der Waals surface area contributed by atoms with Crippen LogP contribution in [0.15, 0.2) is 24.3 Å². The van der Waals surface area contributed by atoms with Gasteiger partial charge in [0.15, 0.2) is 0 Å². The average Bonchev–Trinajstić information content (AvgIpc) is 2.74. The molecule has 0 aliphatic carbocycles. The molecule has 0 unspecified atom stereocenters. The van der Waals surface area contributed by atoms with Crippen molar-refractivity contribution in [3.8, 4) is 0 Å². The summed E-state index contributed by atoms with van der Waals surface area (Å²) in [5.41, 5.74) is 2.26. The van der Waals surface area contributed by atoms with Crippen LogP contribution in [0.25, 0.3) is 0 Å². The number of urea groups is 1. The van der Waals surface area contributed by atoms with Gasteiger partial charge in [0.05, 0.1) is 0 Å². The first-order valence-corrected chi connectivity index (χ1v) is 6.36. The van der Waals surface area contributed by atoms with Gasteiger partial charge in [0.1, 0.15) is 5.01 Å². The Balaban J connectivity index is 1.87. The van der Waals surface area contributed by atoms with Crippen molar-refractivity contribution in [3.05, 3.63) is 40.4 Å².